The van der Waals surface area contributed by atoms with Gasteiger partial charge in [-0.3, -0.25) is 4.79 Å². The topological polar surface area (TPSA) is 52.9 Å². The van der Waals surface area contributed by atoms with Crippen molar-refractivity contribution in [1.82, 2.24) is 5.32 Å². The minimum absolute atomic E-state index is 0.217. The number of nitriles is 1. The molecule has 120 valence electrons. The van der Waals surface area contributed by atoms with E-state index in [1.807, 2.05) is 18.2 Å². The van der Waals surface area contributed by atoms with Crippen LogP contribution in [0.3, 0.4) is 0 Å². The van der Waals surface area contributed by atoms with E-state index in [-0.39, 0.29) is 11.3 Å². The summed E-state index contributed by atoms with van der Waals surface area (Å²) in [7, 11) is 0. The van der Waals surface area contributed by atoms with Gasteiger partial charge in [-0.25, -0.2) is 0 Å². The van der Waals surface area contributed by atoms with Crippen molar-refractivity contribution >= 4 is 17.7 Å². The van der Waals surface area contributed by atoms with Crippen LogP contribution in [-0.2, 0) is 10.2 Å². The van der Waals surface area contributed by atoms with Crippen LogP contribution in [0, 0.1) is 11.3 Å². The second-order valence-corrected chi connectivity index (χ2v) is 7.44. The molecule has 0 saturated heterocycles. The summed E-state index contributed by atoms with van der Waals surface area (Å²) in [6.07, 6.45) is 9.40. The molecule has 2 aliphatic rings. The van der Waals surface area contributed by atoms with Crippen LogP contribution in [0.5, 0.6) is 0 Å². The first-order valence-electron chi connectivity index (χ1n) is 8.37. The van der Waals surface area contributed by atoms with Crippen molar-refractivity contribution < 1.29 is 4.79 Å². The van der Waals surface area contributed by atoms with Crippen molar-refractivity contribution in [3.63, 3.8) is 0 Å². The van der Waals surface area contributed by atoms with Gasteiger partial charge in [0.1, 0.15) is 0 Å². The Hall–Kier alpha value is -1.73. The number of allylic oxidation sites excluding steroid dienone is 1. The Morgan fingerprint density at radius 3 is 2.52 bits per heavy atom. The number of thioether (sulfide) groups is 1. The highest BCUT2D eigenvalue weighted by molar-refractivity contribution is 8.02. The van der Waals surface area contributed by atoms with E-state index in [4.69, 9.17) is 5.26 Å². The van der Waals surface area contributed by atoms with E-state index < -0.39 is 0 Å². The Morgan fingerprint density at radius 2 is 1.91 bits per heavy atom. The van der Waals surface area contributed by atoms with Crippen LogP contribution < -0.4 is 5.32 Å². The van der Waals surface area contributed by atoms with Crippen molar-refractivity contribution in [3.05, 3.63) is 41.3 Å². The number of nitrogens with zero attached hydrogens (tertiary/aromatic N) is 1. The summed E-state index contributed by atoms with van der Waals surface area (Å²) in [6.45, 7) is 0. The van der Waals surface area contributed by atoms with Crippen molar-refractivity contribution in [3.8, 4) is 6.07 Å². The molecule has 0 bridgehead atoms. The Bertz CT molecular complexity index is 620. The summed E-state index contributed by atoms with van der Waals surface area (Å²) < 4.78 is 0. The lowest BCUT2D eigenvalue weighted by Crippen LogP contribution is -2.42. The fourth-order valence-electron chi connectivity index (χ4n) is 3.34. The minimum Gasteiger partial charge on any atom is -0.353 e. The minimum atomic E-state index is -0.289. The number of hydrogen-bond donors (Lipinski definition) is 1. The zero-order valence-electron chi connectivity index (χ0n) is 13.3. The first kappa shape index (κ1) is 16.1. The second-order valence-electron chi connectivity index (χ2n) is 6.46. The predicted octanol–water partition coefficient (Wildman–Crippen LogP) is 4.30. The smallest absolute Gasteiger partial charge is 0.230 e. The molecule has 2 saturated carbocycles. The van der Waals surface area contributed by atoms with Gasteiger partial charge in [0, 0.05) is 17.0 Å². The molecule has 0 spiro atoms. The van der Waals surface area contributed by atoms with Crippen molar-refractivity contribution in [2.45, 2.75) is 61.3 Å². The fraction of sp³-hybridized carbons (Fsp3) is 0.474. The molecule has 2 fully saturated rings. The fourth-order valence-corrected chi connectivity index (χ4v) is 3.92. The lowest BCUT2D eigenvalue weighted by Gasteiger charge is -2.25. The van der Waals surface area contributed by atoms with E-state index in [1.165, 1.54) is 37.1 Å². The number of carbonyl (C=O) groups is 1. The van der Waals surface area contributed by atoms with Gasteiger partial charge < -0.3 is 5.32 Å². The molecule has 0 atom stereocenters. The zero-order valence-corrected chi connectivity index (χ0v) is 14.1. The van der Waals surface area contributed by atoms with Gasteiger partial charge in [-0.05, 0) is 48.8 Å². The monoisotopic (exact) mass is 326 g/mol. The molecule has 0 aliphatic heterocycles. The van der Waals surface area contributed by atoms with Gasteiger partial charge in [-0.15, -0.1) is 0 Å². The molecule has 2 aliphatic carbocycles. The van der Waals surface area contributed by atoms with Gasteiger partial charge in [0.2, 0.25) is 5.91 Å². The number of hydrogen-bond acceptors (Lipinski definition) is 3. The summed E-state index contributed by atoms with van der Waals surface area (Å²) in [5.74, 6) is 0.217. The molecule has 0 aromatic heterocycles. The first-order valence-corrected chi connectivity index (χ1v) is 9.25. The third-order valence-corrected chi connectivity index (χ3v) is 5.70. The summed E-state index contributed by atoms with van der Waals surface area (Å²) in [4.78, 5) is 13.8. The molecule has 1 amide bonds. The standard InChI is InChI=1S/C19H22N2OS/c20-13-4-14-23-17-9-7-15(8-10-17)19(11-12-19)18(22)21-16-5-2-1-3-6-16/h4,7-10,14,16H,1-3,5-6,11-12H2,(H,21,22). The molecule has 0 heterocycles. The normalized spacial score (nSPS) is 20.1. The van der Waals surface area contributed by atoms with Crippen LogP contribution in [0.2, 0.25) is 0 Å². The number of rotatable bonds is 5. The Kier molecular flexibility index (Phi) is 5.07. The van der Waals surface area contributed by atoms with Gasteiger partial charge in [0.25, 0.3) is 0 Å². The molecule has 1 N–H and O–H groups in total. The lowest BCUT2D eigenvalue weighted by atomic mass is 9.92. The van der Waals surface area contributed by atoms with Gasteiger partial charge in [0.15, 0.2) is 0 Å². The van der Waals surface area contributed by atoms with E-state index in [2.05, 4.69) is 17.4 Å². The van der Waals surface area contributed by atoms with Crippen molar-refractivity contribution in [1.29, 1.82) is 5.26 Å². The van der Waals surface area contributed by atoms with E-state index >= 15 is 0 Å². The Morgan fingerprint density at radius 1 is 1.22 bits per heavy atom. The van der Waals surface area contributed by atoms with E-state index in [0.717, 1.165) is 36.1 Å². The molecule has 3 nitrogen and oxygen atoms in total. The molecule has 1 aromatic rings. The Labute approximate surface area is 142 Å². The van der Waals surface area contributed by atoms with Gasteiger partial charge in [0.05, 0.1) is 11.5 Å². The van der Waals surface area contributed by atoms with Crippen LogP contribution >= 0.6 is 11.8 Å². The van der Waals surface area contributed by atoms with Crippen molar-refractivity contribution in [2.75, 3.05) is 0 Å². The maximum Gasteiger partial charge on any atom is 0.230 e. The lowest BCUT2D eigenvalue weighted by molar-refractivity contribution is -0.124. The van der Waals surface area contributed by atoms with Crippen LogP contribution in [0.1, 0.15) is 50.5 Å². The zero-order chi connectivity index (χ0) is 16.1. The highest BCUT2D eigenvalue weighted by atomic mass is 32.2. The Balaban J connectivity index is 1.64. The number of nitrogens with one attached hydrogen (secondary N) is 1. The van der Waals surface area contributed by atoms with Gasteiger partial charge in [-0.2, -0.15) is 5.26 Å². The molecule has 0 radical (unpaired) electrons. The molecule has 4 heteroatoms. The SMILES string of the molecule is N#CC=CSc1ccc(C2(C(=O)NC3CCCCC3)CC2)cc1. The molecule has 1 aromatic carbocycles. The molecular weight excluding hydrogens is 304 g/mol. The van der Waals surface area contributed by atoms with E-state index in [0.29, 0.717) is 6.04 Å². The summed E-state index contributed by atoms with van der Waals surface area (Å²) in [5, 5.41) is 13.6. The molecule has 3 rings (SSSR count). The van der Waals surface area contributed by atoms with Crippen LogP contribution in [0.25, 0.3) is 0 Å². The second kappa shape index (κ2) is 7.23. The first-order chi connectivity index (χ1) is 11.2. The molecule has 23 heavy (non-hydrogen) atoms. The average molecular weight is 326 g/mol. The number of amides is 1. The summed E-state index contributed by atoms with van der Waals surface area (Å²) in [5.41, 5.74) is 0.836. The van der Waals surface area contributed by atoms with E-state index in [1.54, 1.807) is 5.41 Å². The molecular formula is C19H22N2OS. The van der Waals surface area contributed by atoms with Gasteiger partial charge >= 0.3 is 0 Å². The van der Waals surface area contributed by atoms with Crippen molar-refractivity contribution in [2.24, 2.45) is 0 Å². The number of benzene rings is 1. The third-order valence-electron chi connectivity index (χ3n) is 4.88. The quantitative estimate of drug-likeness (QED) is 0.648. The highest BCUT2D eigenvalue weighted by Gasteiger charge is 2.51. The van der Waals surface area contributed by atoms with Crippen LogP contribution in [0.4, 0.5) is 0 Å². The summed E-state index contributed by atoms with van der Waals surface area (Å²) >= 11 is 1.52. The highest BCUT2D eigenvalue weighted by Crippen LogP contribution is 2.49. The van der Waals surface area contributed by atoms with Crippen LogP contribution in [0.15, 0.2) is 40.6 Å². The maximum atomic E-state index is 12.7. The predicted molar refractivity (Wildman–Crippen MR) is 93.0 cm³/mol. The van der Waals surface area contributed by atoms with Crippen LogP contribution in [-0.4, -0.2) is 11.9 Å². The number of carbonyl (C=O) groups excluding carboxylic acids is 1. The average Bonchev–Trinajstić information content (AvgIpc) is 3.39. The third kappa shape index (κ3) is 3.79. The van der Waals surface area contributed by atoms with E-state index in [9.17, 15) is 4.79 Å². The maximum absolute atomic E-state index is 12.7. The van der Waals surface area contributed by atoms with Gasteiger partial charge in [-0.1, -0.05) is 43.2 Å². The molecule has 0 unspecified atom stereocenters. The largest absolute Gasteiger partial charge is 0.353 e. The summed E-state index contributed by atoms with van der Waals surface area (Å²) in [6, 6.07) is 10.6.